The molecule has 0 radical (unpaired) electrons. The summed E-state index contributed by atoms with van der Waals surface area (Å²) in [6.07, 6.45) is 1.82. The molecule has 0 aliphatic carbocycles. The van der Waals surface area contributed by atoms with Gasteiger partial charge >= 0.3 is 5.97 Å². The van der Waals surface area contributed by atoms with E-state index in [1.54, 1.807) is 0 Å². The minimum absolute atomic E-state index is 0.267. The zero-order valence-electron chi connectivity index (χ0n) is 10.3. The van der Waals surface area contributed by atoms with Crippen LogP contribution >= 0.6 is 0 Å². The van der Waals surface area contributed by atoms with Gasteiger partial charge in [-0.1, -0.05) is 50.3 Å². The Morgan fingerprint density at radius 3 is 2.25 bits per heavy atom. The molecule has 0 atom stereocenters. The summed E-state index contributed by atoms with van der Waals surface area (Å²) in [5.74, 6) is -0.267. The van der Waals surface area contributed by atoms with Crippen molar-refractivity contribution in [3.05, 3.63) is 47.5 Å². The van der Waals surface area contributed by atoms with Crippen molar-refractivity contribution in [2.75, 3.05) is 7.11 Å². The fourth-order valence-electron chi connectivity index (χ4n) is 1.85. The van der Waals surface area contributed by atoms with Gasteiger partial charge in [-0.25, -0.2) is 4.79 Å². The lowest BCUT2D eigenvalue weighted by molar-refractivity contribution is -0.136. The third kappa shape index (κ3) is 2.32. The average Bonchev–Trinajstić information content (AvgIpc) is 2.30. The molecule has 0 aliphatic heterocycles. The number of allylic oxidation sites excluding steroid dienone is 1. The molecule has 0 N–H and O–H groups in total. The van der Waals surface area contributed by atoms with E-state index in [1.165, 1.54) is 7.11 Å². The van der Waals surface area contributed by atoms with Gasteiger partial charge in [-0.05, 0) is 12.5 Å². The molecular formula is C14H18O2. The van der Waals surface area contributed by atoms with Crippen LogP contribution in [0.25, 0.3) is 0 Å². The SMILES string of the molecule is C/C=C(/C(=O)OC)C(C)(C)c1ccccc1. The van der Waals surface area contributed by atoms with Gasteiger partial charge in [0.05, 0.1) is 7.11 Å². The first kappa shape index (κ1) is 12.5. The predicted molar refractivity (Wildman–Crippen MR) is 65.2 cm³/mol. The lowest BCUT2D eigenvalue weighted by Gasteiger charge is -2.26. The number of carbonyl (C=O) groups excluding carboxylic acids is 1. The van der Waals surface area contributed by atoms with Crippen molar-refractivity contribution < 1.29 is 9.53 Å². The van der Waals surface area contributed by atoms with Crippen LogP contribution in [0.5, 0.6) is 0 Å². The summed E-state index contributed by atoms with van der Waals surface area (Å²) in [5, 5.41) is 0. The molecule has 2 heteroatoms. The van der Waals surface area contributed by atoms with E-state index < -0.39 is 0 Å². The second-order valence-corrected chi connectivity index (χ2v) is 4.18. The molecule has 16 heavy (non-hydrogen) atoms. The van der Waals surface area contributed by atoms with Crippen molar-refractivity contribution >= 4 is 5.97 Å². The van der Waals surface area contributed by atoms with Gasteiger partial charge in [0.2, 0.25) is 0 Å². The number of methoxy groups -OCH3 is 1. The van der Waals surface area contributed by atoms with Gasteiger partial charge in [0, 0.05) is 11.0 Å². The Morgan fingerprint density at radius 1 is 1.25 bits per heavy atom. The van der Waals surface area contributed by atoms with Gasteiger partial charge in [-0.2, -0.15) is 0 Å². The van der Waals surface area contributed by atoms with E-state index in [0.717, 1.165) is 5.56 Å². The molecule has 0 bridgehead atoms. The van der Waals surface area contributed by atoms with Crippen molar-refractivity contribution in [3.8, 4) is 0 Å². The van der Waals surface area contributed by atoms with E-state index >= 15 is 0 Å². The molecule has 0 unspecified atom stereocenters. The fraction of sp³-hybridized carbons (Fsp3) is 0.357. The highest BCUT2D eigenvalue weighted by atomic mass is 16.5. The van der Waals surface area contributed by atoms with E-state index in [4.69, 9.17) is 4.74 Å². The summed E-state index contributed by atoms with van der Waals surface area (Å²) in [6.45, 7) is 5.90. The molecule has 0 spiro atoms. The summed E-state index contributed by atoms with van der Waals surface area (Å²) in [7, 11) is 1.41. The van der Waals surface area contributed by atoms with Crippen LogP contribution in [0.3, 0.4) is 0 Å². The number of hydrogen-bond donors (Lipinski definition) is 0. The standard InChI is InChI=1S/C14H18O2/c1-5-12(13(15)16-4)14(2,3)11-9-7-6-8-10-11/h5-10H,1-4H3/b12-5-. The first-order valence-corrected chi connectivity index (χ1v) is 5.34. The van der Waals surface area contributed by atoms with Crippen LogP contribution in [0.1, 0.15) is 26.3 Å². The molecule has 0 fully saturated rings. The molecule has 0 saturated heterocycles. The van der Waals surface area contributed by atoms with Crippen molar-refractivity contribution in [3.63, 3.8) is 0 Å². The van der Waals surface area contributed by atoms with E-state index in [-0.39, 0.29) is 11.4 Å². The van der Waals surface area contributed by atoms with Crippen LogP contribution in [0.15, 0.2) is 42.0 Å². The van der Waals surface area contributed by atoms with Gasteiger partial charge in [0.1, 0.15) is 0 Å². The Morgan fingerprint density at radius 2 is 1.81 bits per heavy atom. The van der Waals surface area contributed by atoms with Gasteiger partial charge < -0.3 is 4.74 Å². The second kappa shape index (κ2) is 4.97. The van der Waals surface area contributed by atoms with Crippen LogP contribution in [-0.4, -0.2) is 13.1 Å². The van der Waals surface area contributed by atoms with E-state index in [1.807, 2.05) is 57.2 Å². The number of benzene rings is 1. The Kier molecular flexibility index (Phi) is 3.88. The van der Waals surface area contributed by atoms with Gasteiger partial charge in [0.25, 0.3) is 0 Å². The number of ether oxygens (including phenoxy) is 1. The highest BCUT2D eigenvalue weighted by molar-refractivity contribution is 5.91. The molecule has 0 amide bonds. The third-order valence-electron chi connectivity index (χ3n) is 2.86. The monoisotopic (exact) mass is 218 g/mol. The van der Waals surface area contributed by atoms with E-state index in [9.17, 15) is 4.79 Å². The summed E-state index contributed by atoms with van der Waals surface area (Å²) in [5.41, 5.74) is 1.46. The molecule has 2 nitrogen and oxygen atoms in total. The zero-order valence-corrected chi connectivity index (χ0v) is 10.3. The van der Waals surface area contributed by atoms with Crippen LogP contribution < -0.4 is 0 Å². The highest BCUT2D eigenvalue weighted by Gasteiger charge is 2.30. The summed E-state index contributed by atoms with van der Waals surface area (Å²) in [4.78, 5) is 11.7. The topological polar surface area (TPSA) is 26.3 Å². The summed E-state index contributed by atoms with van der Waals surface area (Å²) < 4.78 is 4.80. The number of carbonyl (C=O) groups is 1. The molecule has 1 aromatic carbocycles. The van der Waals surface area contributed by atoms with Crippen molar-refractivity contribution in [2.45, 2.75) is 26.2 Å². The third-order valence-corrected chi connectivity index (χ3v) is 2.86. The lowest BCUT2D eigenvalue weighted by atomic mass is 9.77. The molecular weight excluding hydrogens is 200 g/mol. The van der Waals surface area contributed by atoms with Gasteiger partial charge in [-0.3, -0.25) is 0 Å². The average molecular weight is 218 g/mol. The maximum atomic E-state index is 11.7. The quantitative estimate of drug-likeness (QED) is 0.575. The van der Waals surface area contributed by atoms with Crippen LogP contribution in [0.2, 0.25) is 0 Å². The van der Waals surface area contributed by atoms with E-state index in [0.29, 0.717) is 5.57 Å². The minimum Gasteiger partial charge on any atom is -0.466 e. The Hall–Kier alpha value is -1.57. The van der Waals surface area contributed by atoms with Crippen molar-refractivity contribution in [2.24, 2.45) is 0 Å². The summed E-state index contributed by atoms with van der Waals surface area (Å²) in [6, 6.07) is 9.95. The largest absolute Gasteiger partial charge is 0.466 e. The highest BCUT2D eigenvalue weighted by Crippen LogP contribution is 2.31. The summed E-state index contributed by atoms with van der Waals surface area (Å²) >= 11 is 0. The molecule has 0 aromatic heterocycles. The molecule has 0 aliphatic rings. The Balaban J connectivity index is 3.15. The molecule has 86 valence electrons. The van der Waals surface area contributed by atoms with Gasteiger partial charge in [0.15, 0.2) is 0 Å². The predicted octanol–water partition coefficient (Wildman–Crippen LogP) is 3.08. The maximum absolute atomic E-state index is 11.7. The first-order valence-electron chi connectivity index (χ1n) is 5.34. The fourth-order valence-corrected chi connectivity index (χ4v) is 1.85. The number of hydrogen-bond acceptors (Lipinski definition) is 2. The van der Waals surface area contributed by atoms with Crippen LogP contribution in [-0.2, 0) is 14.9 Å². The molecule has 0 heterocycles. The lowest BCUT2D eigenvalue weighted by Crippen LogP contribution is -2.26. The number of rotatable bonds is 3. The number of esters is 1. The molecule has 0 saturated carbocycles. The van der Waals surface area contributed by atoms with Crippen molar-refractivity contribution in [1.82, 2.24) is 0 Å². The first-order chi connectivity index (χ1) is 7.54. The molecule has 1 rings (SSSR count). The van der Waals surface area contributed by atoms with Crippen LogP contribution in [0.4, 0.5) is 0 Å². The van der Waals surface area contributed by atoms with Crippen molar-refractivity contribution in [1.29, 1.82) is 0 Å². The minimum atomic E-state index is -0.330. The normalized spacial score (nSPS) is 12.4. The molecule has 1 aromatic rings. The Labute approximate surface area is 96.9 Å². The zero-order chi connectivity index (χ0) is 12.2. The van der Waals surface area contributed by atoms with E-state index in [2.05, 4.69) is 0 Å². The Bertz CT molecular complexity index is 388. The maximum Gasteiger partial charge on any atom is 0.334 e. The van der Waals surface area contributed by atoms with Gasteiger partial charge in [-0.15, -0.1) is 0 Å². The van der Waals surface area contributed by atoms with Crippen LogP contribution in [0, 0.1) is 0 Å². The smallest absolute Gasteiger partial charge is 0.334 e. The second-order valence-electron chi connectivity index (χ2n) is 4.18.